The van der Waals surface area contributed by atoms with Crippen LogP contribution >= 0.6 is 0 Å². The van der Waals surface area contributed by atoms with Gasteiger partial charge in [0.05, 0.1) is 7.11 Å². The third kappa shape index (κ3) is 5.27. The van der Waals surface area contributed by atoms with E-state index in [1.165, 1.54) is 19.1 Å². The van der Waals surface area contributed by atoms with Crippen LogP contribution in [0.15, 0.2) is 24.3 Å². The molecule has 0 bridgehead atoms. The third-order valence-corrected chi connectivity index (χ3v) is 3.00. The molecule has 0 unspecified atom stereocenters. The van der Waals surface area contributed by atoms with Crippen molar-refractivity contribution >= 4 is 17.7 Å². The lowest BCUT2D eigenvalue weighted by Gasteiger charge is -2.29. The molecule has 0 radical (unpaired) electrons. The molecule has 122 valence electrons. The second-order valence-electron chi connectivity index (χ2n) is 6.08. The highest BCUT2D eigenvalue weighted by Crippen LogP contribution is 2.16. The van der Waals surface area contributed by atoms with Crippen molar-refractivity contribution in [3.63, 3.8) is 0 Å². The molecule has 22 heavy (non-hydrogen) atoms. The van der Waals surface area contributed by atoms with E-state index in [-0.39, 0.29) is 0 Å². The lowest BCUT2D eigenvalue weighted by atomic mass is 10.0. The SMILES string of the molecule is COC(=O)[C@@H](Cc1cccc(N)c1)N(C)C(=O)OC(C)(C)C. The van der Waals surface area contributed by atoms with Gasteiger partial charge in [-0.25, -0.2) is 9.59 Å². The van der Waals surface area contributed by atoms with Gasteiger partial charge in [-0.05, 0) is 38.5 Å². The molecule has 1 atom stereocenters. The highest BCUT2D eigenvalue weighted by Gasteiger charge is 2.31. The van der Waals surface area contributed by atoms with Gasteiger partial charge in [-0.2, -0.15) is 0 Å². The molecule has 0 heterocycles. The van der Waals surface area contributed by atoms with Crippen LogP contribution < -0.4 is 5.73 Å². The summed E-state index contributed by atoms with van der Waals surface area (Å²) in [5.74, 6) is -0.504. The number of anilines is 1. The van der Waals surface area contributed by atoms with Crippen molar-refractivity contribution in [1.82, 2.24) is 4.90 Å². The van der Waals surface area contributed by atoms with E-state index in [0.29, 0.717) is 12.1 Å². The van der Waals surface area contributed by atoms with Crippen LogP contribution in [-0.2, 0) is 20.7 Å². The van der Waals surface area contributed by atoms with Crippen molar-refractivity contribution in [3.8, 4) is 0 Å². The van der Waals surface area contributed by atoms with E-state index >= 15 is 0 Å². The van der Waals surface area contributed by atoms with Crippen LogP contribution in [0.1, 0.15) is 26.3 Å². The Kier molecular flexibility index (Phi) is 5.79. The summed E-state index contributed by atoms with van der Waals surface area (Å²) in [5, 5.41) is 0. The van der Waals surface area contributed by atoms with Gasteiger partial charge in [0.25, 0.3) is 0 Å². The lowest BCUT2D eigenvalue weighted by Crippen LogP contribution is -2.46. The van der Waals surface area contributed by atoms with Gasteiger partial charge in [0, 0.05) is 19.2 Å². The van der Waals surface area contributed by atoms with Crippen LogP contribution in [-0.4, -0.2) is 42.8 Å². The summed E-state index contributed by atoms with van der Waals surface area (Å²) >= 11 is 0. The van der Waals surface area contributed by atoms with E-state index in [9.17, 15) is 9.59 Å². The van der Waals surface area contributed by atoms with Crippen LogP contribution in [0, 0.1) is 0 Å². The molecule has 1 aromatic carbocycles. The summed E-state index contributed by atoms with van der Waals surface area (Å²) in [7, 11) is 2.81. The van der Waals surface area contributed by atoms with Crippen molar-refractivity contribution < 1.29 is 19.1 Å². The fourth-order valence-corrected chi connectivity index (χ4v) is 1.92. The molecule has 6 heteroatoms. The number of nitrogen functional groups attached to an aromatic ring is 1. The average molecular weight is 308 g/mol. The van der Waals surface area contributed by atoms with Crippen molar-refractivity contribution in [2.24, 2.45) is 0 Å². The van der Waals surface area contributed by atoms with Crippen molar-refractivity contribution in [2.45, 2.75) is 38.8 Å². The van der Waals surface area contributed by atoms with Crippen LogP contribution in [0.5, 0.6) is 0 Å². The molecule has 0 saturated heterocycles. The molecular formula is C16H24N2O4. The first-order valence-corrected chi connectivity index (χ1v) is 7.02. The molecule has 0 aromatic heterocycles. The number of methoxy groups -OCH3 is 1. The number of nitrogens with two attached hydrogens (primary N) is 1. The Hall–Kier alpha value is -2.24. The molecule has 0 fully saturated rings. The fourth-order valence-electron chi connectivity index (χ4n) is 1.92. The monoisotopic (exact) mass is 308 g/mol. The predicted molar refractivity (Wildman–Crippen MR) is 84.4 cm³/mol. The van der Waals surface area contributed by atoms with Crippen LogP contribution in [0.4, 0.5) is 10.5 Å². The molecule has 1 amide bonds. The summed E-state index contributed by atoms with van der Waals surface area (Å²) in [5.41, 5.74) is 6.54. The Bertz CT molecular complexity index is 537. The zero-order valence-electron chi connectivity index (χ0n) is 13.8. The highest BCUT2D eigenvalue weighted by molar-refractivity contribution is 5.81. The Balaban J connectivity index is 2.93. The Morgan fingerprint density at radius 1 is 1.32 bits per heavy atom. The van der Waals surface area contributed by atoms with Gasteiger partial charge >= 0.3 is 12.1 Å². The first kappa shape index (κ1) is 17.8. The normalized spacial score (nSPS) is 12.4. The largest absolute Gasteiger partial charge is 0.467 e. The van der Waals surface area contributed by atoms with Gasteiger partial charge in [-0.15, -0.1) is 0 Å². The maximum atomic E-state index is 12.1. The Morgan fingerprint density at radius 2 is 1.95 bits per heavy atom. The van der Waals surface area contributed by atoms with Crippen molar-refractivity contribution in [3.05, 3.63) is 29.8 Å². The number of carbonyl (C=O) groups is 2. The molecular weight excluding hydrogens is 284 g/mol. The Morgan fingerprint density at radius 3 is 2.45 bits per heavy atom. The molecule has 1 aromatic rings. The van der Waals surface area contributed by atoms with Crippen molar-refractivity contribution in [2.75, 3.05) is 19.9 Å². The number of hydrogen-bond donors (Lipinski definition) is 1. The second-order valence-corrected chi connectivity index (χ2v) is 6.08. The number of nitrogens with zero attached hydrogens (tertiary/aromatic N) is 1. The summed E-state index contributed by atoms with van der Waals surface area (Å²) in [6, 6.07) is 6.39. The molecule has 0 spiro atoms. The summed E-state index contributed by atoms with van der Waals surface area (Å²) in [4.78, 5) is 25.4. The number of ether oxygens (including phenoxy) is 2. The standard InChI is InChI=1S/C16H24N2O4/c1-16(2,3)22-15(20)18(4)13(14(19)21-5)10-11-7-6-8-12(17)9-11/h6-9,13H,10,17H2,1-5H3/t13-/m1/s1. The molecule has 0 aliphatic rings. The van der Waals surface area contributed by atoms with E-state index in [0.717, 1.165) is 5.56 Å². The molecule has 0 saturated carbocycles. The summed E-state index contributed by atoms with van der Waals surface area (Å²) in [6.45, 7) is 5.30. The number of esters is 1. The van der Waals surface area contributed by atoms with Gasteiger partial charge in [0.1, 0.15) is 11.6 Å². The van der Waals surface area contributed by atoms with E-state index in [4.69, 9.17) is 15.2 Å². The van der Waals surface area contributed by atoms with Gasteiger partial charge in [0.2, 0.25) is 0 Å². The zero-order chi connectivity index (χ0) is 16.9. The maximum Gasteiger partial charge on any atom is 0.410 e. The highest BCUT2D eigenvalue weighted by atomic mass is 16.6. The third-order valence-electron chi connectivity index (χ3n) is 3.00. The number of hydrogen-bond acceptors (Lipinski definition) is 5. The number of likely N-dealkylation sites (N-methyl/N-ethyl adjacent to an activating group) is 1. The predicted octanol–water partition coefficient (Wildman–Crippen LogP) is 2.22. The number of amides is 1. The molecule has 2 N–H and O–H groups in total. The van der Waals surface area contributed by atoms with Crippen LogP contribution in [0.2, 0.25) is 0 Å². The number of rotatable bonds is 4. The minimum atomic E-state index is -0.776. The molecule has 0 aliphatic carbocycles. The average Bonchev–Trinajstić information content (AvgIpc) is 2.41. The second kappa shape index (κ2) is 7.15. The minimum Gasteiger partial charge on any atom is -0.467 e. The molecule has 6 nitrogen and oxygen atoms in total. The molecule has 1 rings (SSSR count). The smallest absolute Gasteiger partial charge is 0.410 e. The summed E-state index contributed by atoms with van der Waals surface area (Å²) < 4.78 is 10.1. The van der Waals surface area contributed by atoms with E-state index in [1.807, 2.05) is 6.07 Å². The minimum absolute atomic E-state index is 0.299. The number of carbonyl (C=O) groups excluding carboxylic acids is 2. The van der Waals surface area contributed by atoms with Crippen LogP contribution in [0.3, 0.4) is 0 Å². The van der Waals surface area contributed by atoms with Crippen LogP contribution in [0.25, 0.3) is 0 Å². The van der Waals surface area contributed by atoms with Crippen molar-refractivity contribution in [1.29, 1.82) is 0 Å². The van der Waals surface area contributed by atoms with E-state index in [1.54, 1.807) is 39.0 Å². The van der Waals surface area contributed by atoms with Gasteiger partial charge in [0.15, 0.2) is 0 Å². The van der Waals surface area contributed by atoms with E-state index < -0.39 is 23.7 Å². The topological polar surface area (TPSA) is 81.9 Å². The molecule has 0 aliphatic heterocycles. The quantitative estimate of drug-likeness (QED) is 0.681. The lowest BCUT2D eigenvalue weighted by molar-refractivity contribution is -0.146. The fraction of sp³-hybridized carbons (Fsp3) is 0.500. The Labute approximate surface area is 131 Å². The van der Waals surface area contributed by atoms with Gasteiger partial charge < -0.3 is 15.2 Å². The van der Waals surface area contributed by atoms with E-state index in [2.05, 4.69) is 0 Å². The maximum absolute atomic E-state index is 12.1. The summed E-state index contributed by atoms with van der Waals surface area (Å²) in [6.07, 6.45) is -0.278. The number of benzene rings is 1. The first-order chi connectivity index (χ1) is 10.1. The van der Waals surface area contributed by atoms with Gasteiger partial charge in [-0.3, -0.25) is 4.90 Å². The zero-order valence-corrected chi connectivity index (χ0v) is 13.8. The first-order valence-electron chi connectivity index (χ1n) is 7.02. The van der Waals surface area contributed by atoms with Gasteiger partial charge in [-0.1, -0.05) is 12.1 Å².